The molecule has 1 aliphatic rings. The number of aliphatic imine (C=N–C) groups is 1. The Balaban J connectivity index is 1.66. The van der Waals surface area contributed by atoms with Gasteiger partial charge in [-0.1, -0.05) is 92.7 Å². The Labute approximate surface area is 230 Å². The number of nitrogens with one attached hydrogen (secondary N) is 2. The van der Waals surface area contributed by atoms with Crippen molar-refractivity contribution in [2.75, 3.05) is 19.6 Å². The van der Waals surface area contributed by atoms with Gasteiger partial charge < -0.3 is 20.3 Å². The van der Waals surface area contributed by atoms with Crippen molar-refractivity contribution >= 4 is 24.1 Å². The van der Waals surface area contributed by atoms with Crippen LogP contribution >= 0.6 is 0 Å². The quantitative estimate of drug-likeness (QED) is 0.372. The number of hydrogen-bond donors (Lipinski definition) is 2. The van der Waals surface area contributed by atoms with E-state index in [0.29, 0.717) is 18.7 Å². The second-order valence-electron chi connectivity index (χ2n) is 10.0. The number of amides is 3. The minimum Gasteiger partial charge on any atom is -0.445 e. The summed E-state index contributed by atoms with van der Waals surface area (Å²) in [5.41, 5.74) is 2.37. The van der Waals surface area contributed by atoms with Crippen molar-refractivity contribution in [2.24, 2.45) is 4.99 Å². The van der Waals surface area contributed by atoms with Gasteiger partial charge in [-0.2, -0.15) is 0 Å². The molecule has 8 nitrogen and oxygen atoms in total. The second kappa shape index (κ2) is 14.7. The summed E-state index contributed by atoms with van der Waals surface area (Å²) < 4.78 is 5.36. The summed E-state index contributed by atoms with van der Waals surface area (Å²) in [6.07, 6.45) is 7.45. The third-order valence-corrected chi connectivity index (χ3v) is 6.42. The molecular weight excluding hydrogens is 492 g/mol. The highest BCUT2D eigenvalue weighted by Crippen LogP contribution is 2.21. The van der Waals surface area contributed by atoms with Gasteiger partial charge in [-0.05, 0) is 18.1 Å². The summed E-state index contributed by atoms with van der Waals surface area (Å²) in [4.78, 5) is 45.0. The van der Waals surface area contributed by atoms with E-state index in [4.69, 9.17) is 4.74 Å². The molecule has 0 saturated heterocycles. The molecule has 0 aromatic heterocycles. The molecule has 3 amide bonds. The van der Waals surface area contributed by atoms with Crippen LogP contribution in [-0.2, 0) is 26.3 Å². The highest BCUT2D eigenvalue weighted by Gasteiger charge is 2.29. The molecule has 0 fully saturated rings. The van der Waals surface area contributed by atoms with E-state index in [1.165, 1.54) is 4.90 Å². The van der Waals surface area contributed by atoms with Gasteiger partial charge in [0.1, 0.15) is 12.6 Å². The van der Waals surface area contributed by atoms with Crippen LogP contribution in [0.15, 0.2) is 89.6 Å². The molecular formula is C31H38N4O4. The fraction of sp³-hybridized carbons (Fsp3) is 0.355. The fourth-order valence-corrected chi connectivity index (χ4v) is 4.09. The molecule has 0 saturated carbocycles. The van der Waals surface area contributed by atoms with Gasteiger partial charge in [0.25, 0.3) is 0 Å². The van der Waals surface area contributed by atoms with E-state index in [2.05, 4.69) is 29.5 Å². The maximum absolute atomic E-state index is 13.7. The average Bonchev–Trinajstić information content (AvgIpc) is 3.46. The van der Waals surface area contributed by atoms with E-state index in [0.717, 1.165) is 11.1 Å². The molecule has 0 spiro atoms. The summed E-state index contributed by atoms with van der Waals surface area (Å²) in [7, 11) is 0. The summed E-state index contributed by atoms with van der Waals surface area (Å²) in [5.74, 6) is -0.661. The highest BCUT2D eigenvalue weighted by molar-refractivity contribution is 5.90. The van der Waals surface area contributed by atoms with Crippen LogP contribution in [0.3, 0.4) is 0 Å². The predicted octanol–water partition coefficient (Wildman–Crippen LogP) is 4.53. The summed E-state index contributed by atoms with van der Waals surface area (Å²) in [6.45, 7) is 6.54. The second-order valence-corrected chi connectivity index (χ2v) is 10.0. The van der Waals surface area contributed by atoms with Crippen molar-refractivity contribution < 1.29 is 19.1 Å². The zero-order valence-corrected chi connectivity index (χ0v) is 22.9. The van der Waals surface area contributed by atoms with Crippen LogP contribution in [0.4, 0.5) is 4.79 Å². The number of allylic oxidation sites excluding steroid dienone is 2. The van der Waals surface area contributed by atoms with Gasteiger partial charge in [-0.25, -0.2) is 4.79 Å². The van der Waals surface area contributed by atoms with E-state index in [1.54, 1.807) is 12.3 Å². The summed E-state index contributed by atoms with van der Waals surface area (Å²) in [5, 5.41) is 5.67. The van der Waals surface area contributed by atoms with E-state index in [9.17, 15) is 14.4 Å². The zero-order valence-electron chi connectivity index (χ0n) is 22.9. The lowest BCUT2D eigenvalue weighted by molar-refractivity contribution is -0.137. The molecule has 39 heavy (non-hydrogen) atoms. The van der Waals surface area contributed by atoms with Crippen molar-refractivity contribution in [3.05, 3.63) is 95.7 Å². The molecule has 0 aliphatic carbocycles. The summed E-state index contributed by atoms with van der Waals surface area (Å²) in [6, 6.07) is 18.3. The van der Waals surface area contributed by atoms with Crippen molar-refractivity contribution in [1.82, 2.24) is 15.5 Å². The number of carbonyl (C=O) groups excluding carboxylic acids is 3. The molecule has 8 heteroatoms. The van der Waals surface area contributed by atoms with Gasteiger partial charge >= 0.3 is 6.09 Å². The molecule has 2 aromatic rings. The molecule has 1 heterocycles. The average molecular weight is 531 g/mol. The first-order chi connectivity index (χ1) is 18.8. The molecule has 206 valence electrons. The maximum Gasteiger partial charge on any atom is 0.408 e. The molecule has 1 aliphatic heterocycles. The van der Waals surface area contributed by atoms with Gasteiger partial charge in [-0.3, -0.25) is 14.6 Å². The van der Waals surface area contributed by atoms with Gasteiger partial charge in [0.05, 0.1) is 6.54 Å². The first-order valence-electron chi connectivity index (χ1n) is 13.2. The predicted molar refractivity (Wildman–Crippen MR) is 153 cm³/mol. The minimum absolute atomic E-state index is 0.0797. The Morgan fingerprint density at radius 3 is 2.41 bits per heavy atom. The summed E-state index contributed by atoms with van der Waals surface area (Å²) >= 11 is 0. The first kappa shape index (κ1) is 29.4. The fourth-order valence-electron chi connectivity index (χ4n) is 4.09. The number of rotatable bonds is 13. The molecule has 3 rings (SSSR count). The number of benzene rings is 2. The van der Waals surface area contributed by atoms with Crippen LogP contribution in [0, 0.1) is 0 Å². The van der Waals surface area contributed by atoms with Crippen LogP contribution in [0.1, 0.15) is 44.7 Å². The van der Waals surface area contributed by atoms with Crippen molar-refractivity contribution in [2.45, 2.75) is 51.7 Å². The molecule has 2 aromatic carbocycles. The Hall–Kier alpha value is -4.20. The van der Waals surface area contributed by atoms with Gasteiger partial charge in [0.2, 0.25) is 11.8 Å². The normalized spacial score (nSPS) is 13.6. The topological polar surface area (TPSA) is 100 Å². The monoisotopic (exact) mass is 530 g/mol. The molecule has 1 atom stereocenters. The van der Waals surface area contributed by atoms with Crippen LogP contribution in [0.5, 0.6) is 0 Å². The van der Waals surface area contributed by atoms with E-state index in [1.807, 2.05) is 79.7 Å². The Bertz CT molecular complexity index is 1190. The number of carbonyl (C=O) groups is 3. The van der Waals surface area contributed by atoms with Crippen molar-refractivity contribution in [1.29, 1.82) is 0 Å². The number of ether oxygens (including phenoxy) is 1. The van der Waals surface area contributed by atoms with Crippen molar-refractivity contribution in [3.63, 3.8) is 0 Å². The van der Waals surface area contributed by atoms with Crippen LogP contribution in [0.25, 0.3) is 0 Å². The minimum atomic E-state index is -0.936. The van der Waals surface area contributed by atoms with Gasteiger partial charge in [-0.15, -0.1) is 0 Å². The van der Waals surface area contributed by atoms with Crippen molar-refractivity contribution in [3.8, 4) is 0 Å². The SMILES string of the molecule is C/C=C/CN(CC(=O)NCC(C)(C)c1ccccc1)C(=O)C(CC1=CCC=N1)NC(=O)OCc1ccccc1. The maximum atomic E-state index is 13.7. The van der Waals surface area contributed by atoms with E-state index in [-0.39, 0.29) is 43.3 Å². The number of hydrogen-bond acceptors (Lipinski definition) is 5. The number of alkyl carbamates (subject to hydrolysis) is 1. The van der Waals surface area contributed by atoms with Crippen LogP contribution in [-0.4, -0.2) is 54.7 Å². The zero-order chi connectivity index (χ0) is 28.1. The largest absolute Gasteiger partial charge is 0.445 e. The third kappa shape index (κ3) is 9.56. The van der Waals surface area contributed by atoms with Crippen LogP contribution in [0.2, 0.25) is 0 Å². The van der Waals surface area contributed by atoms with Gasteiger partial charge in [0.15, 0.2) is 0 Å². The lowest BCUT2D eigenvalue weighted by Gasteiger charge is -2.28. The number of nitrogens with zero attached hydrogens (tertiary/aromatic N) is 2. The molecule has 0 bridgehead atoms. The highest BCUT2D eigenvalue weighted by atomic mass is 16.5. The Morgan fingerprint density at radius 2 is 1.77 bits per heavy atom. The van der Waals surface area contributed by atoms with Crippen LogP contribution < -0.4 is 10.6 Å². The lowest BCUT2D eigenvalue weighted by atomic mass is 9.84. The molecule has 1 unspecified atom stereocenters. The third-order valence-electron chi connectivity index (χ3n) is 6.42. The Kier molecular flexibility index (Phi) is 11.0. The smallest absolute Gasteiger partial charge is 0.408 e. The molecule has 0 radical (unpaired) electrons. The van der Waals surface area contributed by atoms with E-state index >= 15 is 0 Å². The lowest BCUT2D eigenvalue weighted by Crippen LogP contribution is -2.52. The molecule has 2 N–H and O–H groups in total. The van der Waals surface area contributed by atoms with Gasteiger partial charge in [0, 0.05) is 43.3 Å². The van der Waals surface area contributed by atoms with E-state index < -0.39 is 12.1 Å². The first-order valence-corrected chi connectivity index (χ1v) is 13.2. The Morgan fingerprint density at radius 1 is 1.08 bits per heavy atom. The standard InChI is InChI=1S/C31H38N4O4/c1-4-5-19-35(21-28(36)33-23-31(2,3)25-15-10-7-11-16-25)29(37)27(20-26-17-12-18-32-26)34-30(38)39-22-24-13-8-6-9-14-24/h4-11,13-18,27H,12,19-23H2,1-3H3,(H,33,36)(H,34,38)/b5-4+.